The molecule has 0 N–H and O–H groups in total. The number of halogens is 1. The lowest BCUT2D eigenvalue weighted by atomic mass is 9.97. The van der Waals surface area contributed by atoms with E-state index in [4.69, 9.17) is 0 Å². The van der Waals surface area contributed by atoms with Gasteiger partial charge >= 0.3 is 0 Å². The van der Waals surface area contributed by atoms with Gasteiger partial charge in [0.2, 0.25) is 0 Å². The van der Waals surface area contributed by atoms with E-state index < -0.39 is 0 Å². The minimum atomic E-state index is 1.14. The molecule has 0 aliphatic rings. The first kappa shape index (κ1) is 14.2. The normalized spacial score (nSPS) is 11.5. The Balaban J connectivity index is 1.84. The molecule has 1 heterocycles. The standard InChI is InChI=1S/C22H13BrS/c23-20-11-10-15(16-5-1-2-6-17(16)20)14-9-12-22-19(13-14)18-7-3-4-8-21(18)24-22/h1-13H. The topological polar surface area (TPSA) is 0 Å². The molecule has 2 heteroatoms. The predicted molar refractivity (Wildman–Crippen MR) is 110 cm³/mol. The third-order valence-corrected chi connectivity index (χ3v) is 6.40. The summed E-state index contributed by atoms with van der Waals surface area (Å²) in [7, 11) is 0. The number of hydrogen-bond donors (Lipinski definition) is 0. The summed E-state index contributed by atoms with van der Waals surface area (Å²) in [5.74, 6) is 0. The second-order valence-electron chi connectivity index (χ2n) is 5.95. The fourth-order valence-electron chi connectivity index (χ4n) is 3.41. The molecule has 0 fully saturated rings. The van der Waals surface area contributed by atoms with Gasteiger partial charge in [0.25, 0.3) is 0 Å². The largest absolute Gasteiger partial charge is 0.135 e. The third kappa shape index (κ3) is 2.10. The highest BCUT2D eigenvalue weighted by molar-refractivity contribution is 9.10. The van der Waals surface area contributed by atoms with E-state index in [2.05, 4.69) is 94.8 Å². The minimum absolute atomic E-state index is 1.14. The van der Waals surface area contributed by atoms with Crippen LogP contribution in [0.2, 0.25) is 0 Å². The van der Waals surface area contributed by atoms with Gasteiger partial charge in [-0.25, -0.2) is 0 Å². The summed E-state index contributed by atoms with van der Waals surface area (Å²) in [6, 6.07) is 28.4. The number of benzene rings is 4. The van der Waals surface area contributed by atoms with Gasteiger partial charge in [0.05, 0.1) is 0 Å². The molecular formula is C22H13BrS. The van der Waals surface area contributed by atoms with Crippen LogP contribution in [0, 0.1) is 0 Å². The monoisotopic (exact) mass is 388 g/mol. The van der Waals surface area contributed by atoms with Crippen molar-refractivity contribution in [1.82, 2.24) is 0 Å². The molecule has 0 aliphatic carbocycles. The Hall–Kier alpha value is -2.16. The molecule has 5 aromatic rings. The highest BCUT2D eigenvalue weighted by Gasteiger charge is 2.09. The molecule has 0 amide bonds. The molecule has 0 saturated carbocycles. The van der Waals surface area contributed by atoms with Gasteiger partial charge in [0.15, 0.2) is 0 Å². The second-order valence-corrected chi connectivity index (χ2v) is 7.89. The number of fused-ring (bicyclic) bond motifs is 4. The summed E-state index contributed by atoms with van der Waals surface area (Å²) in [5.41, 5.74) is 2.56. The Bertz CT molecular complexity index is 1220. The third-order valence-electron chi connectivity index (χ3n) is 4.56. The molecule has 0 bridgehead atoms. The van der Waals surface area contributed by atoms with E-state index in [1.807, 2.05) is 11.3 Å². The zero-order valence-corrected chi connectivity index (χ0v) is 15.2. The fraction of sp³-hybridized carbons (Fsp3) is 0. The molecular weight excluding hydrogens is 376 g/mol. The van der Waals surface area contributed by atoms with Gasteiger partial charge in [0.1, 0.15) is 0 Å². The van der Waals surface area contributed by atoms with Crippen molar-refractivity contribution in [1.29, 1.82) is 0 Å². The Morgan fingerprint density at radius 2 is 1.29 bits per heavy atom. The van der Waals surface area contributed by atoms with E-state index in [0.29, 0.717) is 0 Å². The molecule has 0 radical (unpaired) electrons. The number of hydrogen-bond acceptors (Lipinski definition) is 1. The van der Waals surface area contributed by atoms with Crippen molar-refractivity contribution < 1.29 is 0 Å². The summed E-state index contributed by atoms with van der Waals surface area (Å²) in [5, 5.41) is 5.23. The van der Waals surface area contributed by atoms with E-state index in [9.17, 15) is 0 Å². The van der Waals surface area contributed by atoms with Crippen LogP contribution >= 0.6 is 27.3 Å². The fourth-order valence-corrected chi connectivity index (χ4v) is 4.97. The van der Waals surface area contributed by atoms with Crippen molar-refractivity contribution in [2.45, 2.75) is 0 Å². The van der Waals surface area contributed by atoms with Crippen molar-refractivity contribution in [3.05, 3.63) is 83.3 Å². The highest BCUT2D eigenvalue weighted by atomic mass is 79.9. The highest BCUT2D eigenvalue weighted by Crippen LogP contribution is 2.38. The minimum Gasteiger partial charge on any atom is -0.135 e. The van der Waals surface area contributed by atoms with E-state index in [1.165, 1.54) is 42.1 Å². The van der Waals surface area contributed by atoms with E-state index in [0.717, 1.165) is 4.47 Å². The molecule has 0 atom stereocenters. The quantitative estimate of drug-likeness (QED) is 0.276. The van der Waals surface area contributed by atoms with Crippen molar-refractivity contribution in [3.63, 3.8) is 0 Å². The maximum atomic E-state index is 3.67. The summed E-state index contributed by atoms with van der Waals surface area (Å²) >= 11 is 5.54. The zero-order valence-electron chi connectivity index (χ0n) is 12.8. The lowest BCUT2D eigenvalue weighted by Gasteiger charge is -2.09. The average molecular weight is 389 g/mol. The molecule has 114 valence electrons. The van der Waals surface area contributed by atoms with Crippen LogP contribution in [-0.2, 0) is 0 Å². The van der Waals surface area contributed by atoms with Crippen molar-refractivity contribution in [2.24, 2.45) is 0 Å². The number of rotatable bonds is 1. The maximum Gasteiger partial charge on any atom is 0.0355 e. The maximum absolute atomic E-state index is 3.67. The molecule has 0 saturated heterocycles. The van der Waals surface area contributed by atoms with E-state index in [-0.39, 0.29) is 0 Å². The molecule has 5 rings (SSSR count). The van der Waals surface area contributed by atoms with Crippen molar-refractivity contribution in [2.75, 3.05) is 0 Å². The smallest absolute Gasteiger partial charge is 0.0355 e. The van der Waals surface area contributed by atoms with E-state index >= 15 is 0 Å². The lowest BCUT2D eigenvalue weighted by Crippen LogP contribution is -1.82. The first-order chi connectivity index (χ1) is 11.8. The molecule has 1 aromatic heterocycles. The van der Waals surface area contributed by atoms with E-state index in [1.54, 1.807) is 0 Å². The number of thiophene rings is 1. The van der Waals surface area contributed by atoms with Crippen LogP contribution in [0.15, 0.2) is 83.3 Å². The van der Waals surface area contributed by atoms with Crippen LogP contribution in [-0.4, -0.2) is 0 Å². The van der Waals surface area contributed by atoms with Gasteiger partial charge in [-0.05, 0) is 46.2 Å². The Morgan fingerprint density at radius 1 is 0.583 bits per heavy atom. The van der Waals surface area contributed by atoms with Crippen LogP contribution in [0.5, 0.6) is 0 Å². The lowest BCUT2D eigenvalue weighted by molar-refractivity contribution is 1.67. The van der Waals surface area contributed by atoms with Crippen LogP contribution in [0.25, 0.3) is 42.1 Å². The molecule has 24 heavy (non-hydrogen) atoms. The summed E-state index contributed by atoms with van der Waals surface area (Å²) in [6.07, 6.45) is 0. The SMILES string of the molecule is Brc1ccc(-c2ccc3sc4ccccc4c3c2)c2ccccc12. The summed E-state index contributed by atoms with van der Waals surface area (Å²) in [6.45, 7) is 0. The Labute approximate surface area is 152 Å². The molecule has 0 nitrogen and oxygen atoms in total. The van der Waals surface area contributed by atoms with Crippen LogP contribution < -0.4 is 0 Å². The van der Waals surface area contributed by atoms with Gasteiger partial charge < -0.3 is 0 Å². The molecule has 0 spiro atoms. The summed E-state index contributed by atoms with van der Waals surface area (Å²) in [4.78, 5) is 0. The molecule has 0 unspecified atom stereocenters. The van der Waals surface area contributed by atoms with Crippen LogP contribution in [0.1, 0.15) is 0 Å². The van der Waals surface area contributed by atoms with Crippen LogP contribution in [0.4, 0.5) is 0 Å². The first-order valence-corrected chi connectivity index (χ1v) is 9.51. The van der Waals surface area contributed by atoms with Gasteiger partial charge in [-0.15, -0.1) is 11.3 Å². The second kappa shape index (κ2) is 5.44. The van der Waals surface area contributed by atoms with Crippen molar-refractivity contribution in [3.8, 4) is 11.1 Å². The van der Waals surface area contributed by atoms with Gasteiger partial charge in [-0.2, -0.15) is 0 Å². The van der Waals surface area contributed by atoms with Crippen LogP contribution in [0.3, 0.4) is 0 Å². The first-order valence-electron chi connectivity index (χ1n) is 7.90. The predicted octanol–water partition coefficient (Wildman–Crippen LogP) is 7.64. The van der Waals surface area contributed by atoms with Crippen molar-refractivity contribution >= 4 is 58.2 Å². The average Bonchev–Trinajstić information content (AvgIpc) is 3.00. The Morgan fingerprint density at radius 3 is 2.17 bits per heavy atom. The Kier molecular flexibility index (Phi) is 3.22. The zero-order chi connectivity index (χ0) is 16.1. The summed E-state index contributed by atoms with van der Waals surface area (Å²) < 4.78 is 3.84. The van der Waals surface area contributed by atoms with Gasteiger partial charge in [-0.1, -0.05) is 70.5 Å². The molecule has 4 aromatic carbocycles. The van der Waals surface area contributed by atoms with Gasteiger partial charge in [-0.3, -0.25) is 0 Å². The van der Waals surface area contributed by atoms with Gasteiger partial charge in [0, 0.05) is 24.6 Å². The molecule has 0 aliphatic heterocycles.